The Bertz CT molecular complexity index is 684. The van der Waals surface area contributed by atoms with E-state index < -0.39 is 5.41 Å². The molecule has 27 heavy (non-hydrogen) atoms. The van der Waals surface area contributed by atoms with Crippen LogP contribution >= 0.6 is 0 Å². The molecule has 1 aromatic rings. The van der Waals surface area contributed by atoms with Gasteiger partial charge in [-0.3, -0.25) is 14.5 Å². The van der Waals surface area contributed by atoms with E-state index in [1.54, 1.807) is 25.3 Å². The van der Waals surface area contributed by atoms with Crippen molar-refractivity contribution in [3.8, 4) is 11.5 Å². The van der Waals surface area contributed by atoms with Crippen molar-refractivity contribution in [1.82, 2.24) is 10.2 Å². The summed E-state index contributed by atoms with van der Waals surface area (Å²) in [6.45, 7) is 4.49. The number of hydrogen-bond donors (Lipinski definition) is 2. The van der Waals surface area contributed by atoms with Crippen molar-refractivity contribution in [3.05, 3.63) is 18.2 Å². The Kier molecular flexibility index (Phi) is 6.18. The fourth-order valence-corrected chi connectivity index (χ4v) is 3.15. The molecule has 148 valence electrons. The first-order chi connectivity index (χ1) is 13.1. The molecule has 0 radical (unpaired) electrons. The molecule has 0 bridgehead atoms. The molecule has 1 heterocycles. The summed E-state index contributed by atoms with van der Waals surface area (Å²) in [6, 6.07) is 5.14. The Balaban J connectivity index is 1.55. The maximum absolute atomic E-state index is 12.7. The van der Waals surface area contributed by atoms with Crippen LogP contribution in [0.25, 0.3) is 0 Å². The van der Waals surface area contributed by atoms with Gasteiger partial charge in [-0.25, -0.2) is 0 Å². The SMILES string of the molecule is COc1ccc(NC(=O)C2(C(=O)NCCN3CCOCC3)CC2)c(OC)c1. The van der Waals surface area contributed by atoms with Crippen LogP contribution in [0.4, 0.5) is 5.69 Å². The number of rotatable bonds is 8. The minimum absolute atomic E-state index is 0.208. The van der Waals surface area contributed by atoms with Crippen LogP contribution in [0.5, 0.6) is 11.5 Å². The summed E-state index contributed by atoms with van der Waals surface area (Å²) in [5.74, 6) is 0.619. The van der Waals surface area contributed by atoms with Crippen LogP contribution in [0, 0.1) is 5.41 Å². The van der Waals surface area contributed by atoms with E-state index in [1.807, 2.05) is 0 Å². The van der Waals surface area contributed by atoms with E-state index in [4.69, 9.17) is 14.2 Å². The second kappa shape index (κ2) is 8.58. The van der Waals surface area contributed by atoms with Crippen molar-refractivity contribution >= 4 is 17.5 Å². The largest absolute Gasteiger partial charge is 0.497 e. The van der Waals surface area contributed by atoms with Gasteiger partial charge in [0.15, 0.2) is 0 Å². The Morgan fingerprint density at radius 1 is 1.15 bits per heavy atom. The molecule has 0 atom stereocenters. The van der Waals surface area contributed by atoms with Crippen LogP contribution in [0.3, 0.4) is 0 Å². The number of carbonyl (C=O) groups is 2. The van der Waals surface area contributed by atoms with Crippen LogP contribution in [-0.2, 0) is 14.3 Å². The fourth-order valence-electron chi connectivity index (χ4n) is 3.15. The molecule has 0 spiro atoms. The predicted molar refractivity (Wildman–Crippen MR) is 100 cm³/mol. The van der Waals surface area contributed by atoms with Gasteiger partial charge < -0.3 is 24.8 Å². The molecule has 3 rings (SSSR count). The van der Waals surface area contributed by atoms with Crippen molar-refractivity contribution in [2.24, 2.45) is 5.41 Å². The maximum atomic E-state index is 12.7. The molecule has 1 saturated heterocycles. The average Bonchev–Trinajstić information content (AvgIpc) is 3.51. The van der Waals surface area contributed by atoms with Gasteiger partial charge in [0.25, 0.3) is 0 Å². The highest BCUT2D eigenvalue weighted by molar-refractivity contribution is 6.13. The van der Waals surface area contributed by atoms with Crippen LogP contribution in [0.15, 0.2) is 18.2 Å². The van der Waals surface area contributed by atoms with Crippen LogP contribution in [-0.4, -0.2) is 70.3 Å². The van der Waals surface area contributed by atoms with E-state index in [9.17, 15) is 9.59 Å². The van der Waals surface area contributed by atoms with E-state index in [0.29, 0.717) is 36.6 Å². The van der Waals surface area contributed by atoms with Crippen LogP contribution in [0.1, 0.15) is 12.8 Å². The standard InChI is InChI=1S/C19H27N3O5/c1-25-14-3-4-15(16(13-14)26-2)21-18(24)19(5-6-19)17(23)20-7-8-22-9-11-27-12-10-22/h3-4,13H,5-12H2,1-2H3,(H,20,23)(H,21,24). The summed E-state index contributed by atoms with van der Waals surface area (Å²) >= 11 is 0. The second-order valence-electron chi connectivity index (χ2n) is 6.81. The monoisotopic (exact) mass is 377 g/mol. The van der Waals surface area contributed by atoms with Gasteiger partial charge in [-0.05, 0) is 25.0 Å². The van der Waals surface area contributed by atoms with E-state index in [0.717, 1.165) is 32.8 Å². The van der Waals surface area contributed by atoms with E-state index in [-0.39, 0.29) is 11.8 Å². The maximum Gasteiger partial charge on any atom is 0.240 e. The Morgan fingerprint density at radius 3 is 2.52 bits per heavy atom. The number of amides is 2. The number of methoxy groups -OCH3 is 2. The highest BCUT2D eigenvalue weighted by atomic mass is 16.5. The zero-order valence-electron chi connectivity index (χ0n) is 15.9. The van der Waals surface area contributed by atoms with E-state index >= 15 is 0 Å². The molecule has 0 aromatic heterocycles. The topological polar surface area (TPSA) is 89.1 Å². The molecule has 2 aliphatic rings. The molecule has 0 unspecified atom stereocenters. The number of carbonyl (C=O) groups excluding carboxylic acids is 2. The molecule has 1 aliphatic heterocycles. The highest BCUT2D eigenvalue weighted by Gasteiger charge is 2.56. The normalized spacial score (nSPS) is 18.4. The number of benzene rings is 1. The Hall–Kier alpha value is -2.32. The van der Waals surface area contributed by atoms with Crippen molar-refractivity contribution in [2.45, 2.75) is 12.8 Å². The number of hydrogen-bond acceptors (Lipinski definition) is 6. The third-order valence-corrected chi connectivity index (χ3v) is 5.09. The lowest BCUT2D eigenvalue weighted by molar-refractivity contribution is -0.134. The zero-order chi connectivity index (χ0) is 19.3. The summed E-state index contributed by atoms with van der Waals surface area (Å²) < 4.78 is 15.8. The molecule has 2 fully saturated rings. The van der Waals surface area contributed by atoms with Gasteiger partial charge in [-0.2, -0.15) is 0 Å². The van der Waals surface area contributed by atoms with Crippen molar-refractivity contribution < 1.29 is 23.8 Å². The molecule has 2 amide bonds. The summed E-state index contributed by atoms with van der Waals surface area (Å²) in [5, 5.41) is 5.74. The minimum atomic E-state index is -0.976. The Morgan fingerprint density at radius 2 is 1.89 bits per heavy atom. The molecular weight excluding hydrogens is 350 g/mol. The highest BCUT2D eigenvalue weighted by Crippen LogP contribution is 2.47. The molecule has 8 nitrogen and oxygen atoms in total. The van der Waals surface area contributed by atoms with Crippen LogP contribution in [0.2, 0.25) is 0 Å². The zero-order valence-corrected chi connectivity index (χ0v) is 15.9. The molecule has 2 N–H and O–H groups in total. The molecule has 1 saturated carbocycles. The lowest BCUT2D eigenvalue weighted by Gasteiger charge is -2.26. The first-order valence-electron chi connectivity index (χ1n) is 9.21. The second-order valence-corrected chi connectivity index (χ2v) is 6.81. The third kappa shape index (κ3) is 4.51. The summed E-state index contributed by atoms with van der Waals surface area (Å²) in [7, 11) is 3.09. The smallest absolute Gasteiger partial charge is 0.240 e. The fraction of sp³-hybridized carbons (Fsp3) is 0.579. The van der Waals surface area contributed by atoms with Gasteiger partial charge in [0.05, 0.1) is 33.1 Å². The molecule has 1 aliphatic carbocycles. The quantitative estimate of drug-likeness (QED) is 0.654. The number of anilines is 1. The number of morpholine rings is 1. The Labute approximate surface area is 159 Å². The van der Waals surface area contributed by atoms with E-state index in [2.05, 4.69) is 15.5 Å². The van der Waals surface area contributed by atoms with Gasteiger partial charge in [-0.15, -0.1) is 0 Å². The van der Waals surface area contributed by atoms with Gasteiger partial charge in [-0.1, -0.05) is 0 Å². The molecule has 1 aromatic carbocycles. The van der Waals surface area contributed by atoms with Gasteiger partial charge in [0.2, 0.25) is 11.8 Å². The predicted octanol–water partition coefficient (Wildman–Crippen LogP) is 0.871. The lowest BCUT2D eigenvalue weighted by atomic mass is 10.0. The minimum Gasteiger partial charge on any atom is -0.497 e. The van der Waals surface area contributed by atoms with Crippen molar-refractivity contribution in [3.63, 3.8) is 0 Å². The number of nitrogens with zero attached hydrogens (tertiary/aromatic N) is 1. The van der Waals surface area contributed by atoms with E-state index in [1.165, 1.54) is 7.11 Å². The first-order valence-corrected chi connectivity index (χ1v) is 9.21. The summed E-state index contributed by atoms with van der Waals surface area (Å²) in [6.07, 6.45) is 1.11. The average molecular weight is 377 g/mol. The molecular formula is C19H27N3O5. The van der Waals surface area contributed by atoms with Gasteiger partial charge in [0.1, 0.15) is 16.9 Å². The van der Waals surface area contributed by atoms with Gasteiger partial charge in [0, 0.05) is 32.2 Å². The first kappa shape index (κ1) is 19.4. The van der Waals surface area contributed by atoms with Crippen molar-refractivity contribution in [1.29, 1.82) is 0 Å². The van der Waals surface area contributed by atoms with Gasteiger partial charge >= 0.3 is 0 Å². The summed E-state index contributed by atoms with van der Waals surface area (Å²) in [4.78, 5) is 27.6. The van der Waals surface area contributed by atoms with Crippen LogP contribution < -0.4 is 20.1 Å². The molecule has 8 heteroatoms. The lowest BCUT2D eigenvalue weighted by Crippen LogP contribution is -2.45. The number of nitrogens with one attached hydrogen (secondary N) is 2. The number of ether oxygens (including phenoxy) is 3. The third-order valence-electron chi connectivity index (χ3n) is 5.09. The summed E-state index contributed by atoms with van der Waals surface area (Å²) in [5.41, 5.74) is -0.452. The van der Waals surface area contributed by atoms with Crippen molar-refractivity contribution in [2.75, 3.05) is 58.9 Å².